The van der Waals surface area contributed by atoms with E-state index in [9.17, 15) is 9.59 Å². The first-order chi connectivity index (χ1) is 20.8. The SMILES string of the molecule is COc1ccc(Oc2cccc(-c3c(CN)c(N(C)c4ccc5ccccc5c4)nc4c3c(=O)n(C)c(=O)n4C)c2)cc1. The van der Waals surface area contributed by atoms with Gasteiger partial charge in [-0.25, -0.2) is 9.78 Å². The number of hydrogen-bond acceptors (Lipinski definition) is 7. The van der Waals surface area contributed by atoms with E-state index in [-0.39, 0.29) is 12.2 Å². The minimum absolute atomic E-state index is 0.0983. The predicted molar refractivity (Wildman–Crippen MR) is 171 cm³/mol. The highest BCUT2D eigenvalue weighted by Gasteiger charge is 2.24. The Kier molecular flexibility index (Phi) is 7.17. The lowest BCUT2D eigenvalue weighted by Crippen LogP contribution is -2.38. The van der Waals surface area contributed by atoms with Crippen LogP contribution in [0.4, 0.5) is 11.5 Å². The highest BCUT2D eigenvalue weighted by atomic mass is 16.5. The quantitative estimate of drug-likeness (QED) is 0.270. The van der Waals surface area contributed by atoms with Crippen molar-refractivity contribution in [1.29, 1.82) is 0 Å². The number of fused-ring (bicyclic) bond motifs is 2. The minimum atomic E-state index is -0.465. The van der Waals surface area contributed by atoms with Crippen LogP contribution in [0.3, 0.4) is 0 Å². The third-order valence-electron chi connectivity index (χ3n) is 7.73. The average molecular weight is 574 g/mol. The van der Waals surface area contributed by atoms with Crippen LogP contribution < -0.4 is 31.4 Å². The van der Waals surface area contributed by atoms with Crippen molar-refractivity contribution in [2.75, 3.05) is 19.1 Å². The second-order valence-corrected chi connectivity index (χ2v) is 10.3. The zero-order chi connectivity index (χ0) is 30.2. The second-order valence-electron chi connectivity index (χ2n) is 10.3. The third kappa shape index (κ3) is 4.89. The van der Waals surface area contributed by atoms with Crippen molar-refractivity contribution < 1.29 is 9.47 Å². The zero-order valence-corrected chi connectivity index (χ0v) is 24.4. The molecular weight excluding hydrogens is 542 g/mol. The molecule has 2 N–H and O–H groups in total. The maximum atomic E-state index is 13.7. The van der Waals surface area contributed by atoms with E-state index in [1.54, 1.807) is 14.2 Å². The van der Waals surface area contributed by atoms with Crippen molar-refractivity contribution in [3.8, 4) is 28.4 Å². The number of ether oxygens (including phenoxy) is 2. The molecule has 9 nitrogen and oxygen atoms in total. The summed E-state index contributed by atoms with van der Waals surface area (Å²) in [6.07, 6.45) is 0. The highest BCUT2D eigenvalue weighted by Crippen LogP contribution is 2.38. The van der Waals surface area contributed by atoms with Gasteiger partial charge in [0.05, 0.1) is 12.5 Å². The van der Waals surface area contributed by atoms with Crippen LogP contribution in [0, 0.1) is 0 Å². The summed E-state index contributed by atoms with van der Waals surface area (Å²) in [6.45, 7) is 0.0983. The molecule has 0 amide bonds. The fourth-order valence-corrected chi connectivity index (χ4v) is 5.41. The molecule has 0 saturated heterocycles. The summed E-state index contributed by atoms with van der Waals surface area (Å²) < 4.78 is 13.9. The van der Waals surface area contributed by atoms with Crippen molar-refractivity contribution in [3.05, 3.63) is 117 Å². The number of hydrogen-bond donors (Lipinski definition) is 1. The number of aryl methyl sites for hydroxylation is 1. The lowest BCUT2D eigenvalue weighted by Gasteiger charge is -2.25. The van der Waals surface area contributed by atoms with Crippen molar-refractivity contribution in [2.24, 2.45) is 19.8 Å². The number of nitrogens with zero attached hydrogens (tertiary/aromatic N) is 4. The first-order valence-electron chi connectivity index (χ1n) is 13.8. The summed E-state index contributed by atoms with van der Waals surface area (Å²) in [5, 5.41) is 2.50. The molecule has 0 aliphatic heterocycles. The number of nitrogens with two attached hydrogens (primary N) is 1. The van der Waals surface area contributed by atoms with Gasteiger partial charge in [-0.2, -0.15) is 0 Å². The summed E-state index contributed by atoms with van der Waals surface area (Å²) in [5.41, 5.74) is 8.67. The average Bonchev–Trinajstić information content (AvgIpc) is 3.05. The molecule has 0 spiro atoms. The van der Waals surface area contributed by atoms with Crippen LogP contribution in [0.5, 0.6) is 17.2 Å². The minimum Gasteiger partial charge on any atom is -0.497 e. The number of pyridine rings is 1. The molecule has 0 atom stereocenters. The Hall–Kier alpha value is -5.41. The third-order valence-corrected chi connectivity index (χ3v) is 7.73. The van der Waals surface area contributed by atoms with Crippen molar-refractivity contribution in [2.45, 2.75) is 6.54 Å². The molecule has 9 heteroatoms. The fraction of sp³-hybridized carbons (Fsp3) is 0.147. The van der Waals surface area contributed by atoms with Gasteiger partial charge in [0.15, 0.2) is 5.65 Å². The first-order valence-corrected chi connectivity index (χ1v) is 13.8. The number of aromatic nitrogens is 3. The van der Waals surface area contributed by atoms with Crippen LogP contribution >= 0.6 is 0 Å². The molecular formula is C34H31N5O4. The molecule has 0 aliphatic rings. The Balaban J connectivity index is 1.59. The molecule has 0 saturated carbocycles. The Labute approximate surface area is 248 Å². The van der Waals surface area contributed by atoms with E-state index < -0.39 is 11.2 Å². The number of rotatable bonds is 7. The molecule has 6 rings (SSSR count). The predicted octanol–water partition coefficient (Wildman–Crippen LogP) is 5.48. The van der Waals surface area contributed by atoms with E-state index in [0.717, 1.165) is 26.8 Å². The van der Waals surface area contributed by atoms with Crippen LogP contribution in [0.1, 0.15) is 5.56 Å². The topological polar surface area (TPSA) is 105 Å². The van der Waals surface area contributed by atoms with Crippen LogP contribution in [-0.2, 0) is 20.6 Å². The maximum Gasteiger partial charge on any atom is 0.332 e. The van der Waals surface area contributed by atoms with Crippen molar-refractivity contribution >= 4 is 33.3 Å². The van der Waals surface area contributed by atoms with Crippen LogP contribution in [-0.4, -0.2) is 28.3 Å². The van der Waals surface area contributed by atoms with Crippen molar-refractivity contribution in [3.63, 3.8) is 0 Å². The smallest absolute Gasteiger partial charge is 0.332 e. The second kappa shape index (κ2) is 11.1. The normalized spacial score (nSPS) is 11.2. The lowest BCUT2D eigenvalue weighted by molar-refractivity contribution is 0.413. The maximum absolute atomic E-state index is 13.7. The van der Waals surface area contributed by atoms with Crippen LogP contribution in [0.2, 0.25) is 0 Å². The van der Waals surface area contributed by atoms with E-state index in [1.807, 2.05) is 78.7 Å². The molecule has 2 heterocycles. The first kappa shape index (κ1) is 27.7. The largest absolute Gasteiger partial charge is 0.497 e. The molecule has 0 radical (unpaired) electrons. The van der Waals surface area contributed by atoms with E-state index in [0.29, 0.717) is 39.4 Å². The van der Waals surface area contributed by atoms with Gasteiger partial charge < -0.3 is 20.1 Å². The summed E-state index contributed by atoms with van der Waals surface area (Å²) in [7, 11) is 6.60. The lowest BCUT2D eigenvalue weighted by atomic mass is 9.96. The van der Waals surface area contributed by atoms with Gasteiger partial charge in [0.2, 0.25) is 0 Å². The van der Waals surface area contributed by atoms with E-state index in [4.69, 9.17) is 20.2 Å². The molecule has 43 heavy (non-hydrogen) atoms. The molecule has 0 bridgehead atoms. The number of methoxy groups -OCH3 is 1. The molecule has 0 fully saturated rings. The summed E-state index contributed by atoms with van der Waals surface area (Å²) in [6, 6.07) is 29.0. The Morgan fingerprint density at radius 2 is 1.53 bits per heavy atom. The van der Waals surface area contributed by atoms with E-state index >= 15 is 0 Å². The van der Waals surface area contributed by atoms with Gasteiger partial charge in [0, 0.05) is 44.5 Å². The Bertz CT molecular complexity index is 2120. The monoisotopic (exact) mass is 573 g/mol. The van der Waals surface area contributed by atoms with E-state index in [2.05, 4.69) is 24.3 Å². The zero-order valence-electron chi connectivity index (χ0n) is 24.4. The highest BCUT2D eigenvalue weighted by molar-refractivity contribution is 5.98. The Morgan fingerprint density at radius 1 is 0.814 bits per heavy atom. The van der Waals surface area contributed by atoms with Gasteiger partial charge in [-0.05, 0) is 64.9 Å². The summed E-state index contributed by atoms with van der Waals surface area (Å²) >= 11 is 0. The fourth-order valence-electron chi connectivity index (χ4n) is 5.41. The summed E-state index contributed by atoms with van der Waals surface area (Å²) in [4.78, 5) is 33.6. The van der Waals surface area contributed by atoms with Gasteiger partial charge in [-0.1, -0.05) is 42.5 Å². The van der Waals surface area contributed by atoms with Gasteiger partial charge in [-0.15, -0.1) is 0 Å². The van der Waals surface area contributed by atoms with Crippen LogP contribution in [0.25, 0.3) is 32.9 Å². The van der Waals surface area contributed by atoms with E-state index in [1.165, 1.54) is 11.6 Å². The molecule has 0 unspecified atom stereocenters. The van der Waals surface area contributed by atoms with Gasteiger partial charge in [-0.3, -0.25) is 13.9 Å². The van der Waals surface area contributed by atoms with Gasteiger partial charge in [0.1, 0.15) is 23.1 Å². The number of anilines is 2. The Morgan fingerprint density at radius 3 is 2.26 bits per heavy atom. The van der Waals surface area contributed by atoms with Crippen LogP contribution in [0.15, 0.2) is 101 Å². The van der Waals surface area contributed by atoms with Gasteiger partial charge >= 0.3 is 5.69 Å². The molecule has 0 aliphatic carbocycles. The molecule has 6 aromatic rings. The van der Waals surface area contributed by atoms with Crippen molar-refractivity contribution in [1.82, 2.24) is 14.1 Å². The van der Waals surface area contributed by atoms with Gasteiger partial charge in [0.25, 0.3) is 5.56 Å². The molecule has 2 aromatic heterocycles. The standard InChI is InChI=1S/C34H31N5O4/c1-37(24-13-12-21-8-5-6-9-22(21)18-24)31-28(20-35)29(30-32(36-31)38(2)34(41)39(3)33(30)40)23-10-7-11-27(19-23)43-26-16-14-25(42-4)15-17-26/h5-19H,20,35H2,1-4H3. The number of benzene rings is 4. The molecule has 4 aromatic carbocycles. The summed E-state index contributed by atoms with van der Waals surface area (Å²) in [5.74, 6) is 2.47. The molecule has 216 valence electrons.